The van der Waals surface area contributed by atoms with Crippen molar-refractivity contribution in [1.82, 2.24) is 0 Å². The van der Waals surface area contributed by atoms with Crippen LogP contribution in [0.1, 0.15) is 57.0 Å². The lowest BCUT2D eigenvalue weighted by Crippen LogP contribution is -2.68. The molecule has 1 aromatic rings. The molecule has 0 radical (unpaired) electrons. The summed E-state index contributed by atoms with van der Waals surface area (Å²) in [5, 5.41) is 13.0. The van der Waals surface area contributed by atoms with Crippen LogP contribution in [0.2, 0.25) is 0 Å². The molecule has 1 N–H and O–H groups in total. The van der Waals surface area contributed by atoms with Crippen molar-refractivity contribution in [3.8, 4) is 0 Å². The number of alkyl halides is 1. The summed E-state index contributed by atoms with van der Waals surface area (Å²) in [7, 11) is -3.94. The van der Waals surface area contributed by atoms with Gasteiger partial charge in [0.1, 0.15) is 5.60 Å². The zero-order valence-electron chi connectivity index (χ0n) is 21.5. The second-order valence-electron chi connectivity index (χ2n) is 11.9. The summed E-state index contributed by atoms with van der Waals surface area (Å²) in [6, 6.07) is 3.08. The van der Waals surface area contributed by atoms with Crippen LogP contribution in [0, 0.1) is 28.6 Å². The molecule has 10 heteroatoms. The van der Waals surface area contributed by atoms with Crippen LogP contribution in [0.4, 0.5) is 0 Å². The van der Waals surface area contributed by atoms with E-state index < -0.39 is 43.5 Å². The van der Waals surface area contributed by atoms with Crippen LogP contribution in [0.5, 0.6) is 0 Å². The van der Waals surface area contributed by atoms with Crippen LogP contribution in [-0.4, -0.2) is 48.5 Å². The topological polar surface area (TPSA) is 120 Å². The molecule has 6 rings (SSSR count). The van der Waals surface area contributed by atoms with Gasteiger partial charge in [0.2, 0.25) is 5.76 Å². The van der Waals surface area contributed by atoms with Crippen molar-refractivity contribution in [1.29, 1.82) is 0 Å². The van der Waals surface area contributed by atoms with Gasteiger partial charge in [-0.1, -0.05) is 32.4 Å². The SMILES string of the molecule is CC1CC2C3CCC4=CC(=O)C=CC4(C)C3(Cl)C(O)CC2(C)C1(OC(=O)c1ccco1)C1=CS(=O)(=O)OC1. The molecule has 2 heterocycles. The fourth-order valence-electron chi connectivity index (χ4n) is 8.67. The third-order valence-electron chi connectivity index (χ3n) is 10.3. The predicted molar refractivity (Wildman–Crippen MR) is 137 cm³/mol. The van der Waals surface area contributed by atoms with E-state index in [4.69, 9.17) is 24.9 Å². The lowest BCUT2D eigenvalue weighted by molar-refractivity contribution is -0.151. The fraction of sp³-hybridized carbons (Fsp3) is 0.571. The van der Waals surface area contributed by atoms with Crippen LogP contribution in [0.15, 0.2) is 57.6 Å². The highest BCUT2D eigenvalue weighted by Crippen LogP contribution is 2.73. The lowest BCUT2D eigenvalue weighted by atomic mass is 9.45. The quantitative estimate of drug-likeness (QED) is 0.329. The van der Waals surface area contributed by atoms with E-state index >= 15 is 0 Å². The van der Waals surface area contributed by atoms with E-state index in [1.54, 1.807) is 12.1 Å². The number of fused-ring (bicyclic) bond motifs is 5. The minimum Gasteiger partial charge on any atom is -0.457 e. The number of aliphatic hydroxyl groups excluding tert-OH is 1. The van der Waals surface area contributed by atoms with Crippen LogP contribution in [0.25, 0.3) is 0 Å². The number of allylic oxidation sites excluding steroid dienone is 4. The van der Waals surface area contributed by atoms with Gasteiger partial charge < -0.3 is 14.3 Å². The zero-order valence-corrected chi connectivity index (χ0v) is 23.0. The zero-order chi connectivity index (χ0) is 27.3. The van der Waals surface area contributed by atoms with Gasteiger partial charge in [-0.2, -0.15) is 8.42 Å². The van der Waals surface area contributed by atoms with Gasteiger partial charge in [-0.25, -0.2) is 4.79 Å². The highest BCUT2D eigenvalue weighted by Gasteiger charge is 2.75. The number of hydrogen-bond donors (Lipinski definition) is 1. The van der Waals surface area contributed by atoms with Gasteiger partial charge in [-0.15, -0.1) is 11.6 Å². The van der Waals surface area contributed by atoms with Crippen molar-refractivity contribution < 1.29 is 36.5 Å². The maximum absolute atomic E-state index is 13.4. The molecule has 8 nitrogen and oxygen atoms in total. The van der Waals surface area contributed by atoms with Crippen molar-refractivity contribution in [3.63, 3.8) is 0 Å². The van der Waals surface area contributed by atoms with Crippen LogP contribution >= 0.6 is 11.6 Å². The minimum atomic E-state index is -3.94. The highest BCUT2D eigenvalue weighted by atomic mass is 35.5. The molecule has 0 bridgehead atoms. The Morgan fingerprint density at radius 2 is 2.00 bits per heavy atom. The number of esters is 1. The summed E-state index contributed by atoms with van der Waals surface area (Å²) in [6.07, 6.45) is 7.39. The number of furan rings is 1. The Morgan fingerprint density at radius 3 is 2.66 bits per heavy atom. The molecule has 4 aliphatic carbocycles. The maximum Gasteiger partial charge on any atom is 0.375 e. The standard InChI is InChI=1S/C28H31ClO8S/c1-16-11-21-20-7-6-17-12-19(30)8-9-25(17,2)27(20,29)23(31)13-26(21,3)28(16,18-14-36-38(33,34)15-18)37-24(32)22-5-4-10-35-22/h4-5,8-10,12,15-16,20-21,23,31H,6-7,11,13-14H2,1-3H3. The average molecular weight is 563 g/mol. The van der Waals surface area contributed by atoms with Crippen molar-refractivity contribution in [3.05, 3.63) is 58.9 Å². The van der Waals surface area contributed by atoms with Gasteiger partial charge in [-0.3, -0.25) is 8.98 Å². The summed E-state index contributed by atoms with van der Waals surface area (Å²) in [5.74, 6) is -1.40. The summed E-state index contributed by atoms with van der Waals surface area (Å²) in [5.41, 5.74) is -1.70. The smallest absolute Gasteiger partial charge is 0.375 e. The van der Waals surface area contributed by atoms with Gasteiger partial charge in [0.05, 0.1) is 29.3 Å². The summed E-state index contributed by atoms with van der Waals surface area (Å²) < 4.78 is 41.6. The molecule has 8 atom stereocenters. The van der Waals surface area contributed by atoms with E-state index in [9.17, 15) is 23.1 Å². The first kappa shape index (κ1) is 26.0. The Balaban J connectivity index is 1.50. The molecule has 204 valence electrons. The third-order valence-corrected chi connectivity index (χ3v) is 12.2. The number of carbonyl (C=O) groups is 2. The number of rotatable bonds is 3. The second-order valence-corrected chi connectivity index (χ2v) is 14.0. The van der Waals surface area contributed by atoms with E-state index in [1.807, 2.05) is 26.8 Å². The molecule has 0 spiro atoms. The molecule has 5 aliphatic rings. The highest BCUT2D eigenvalue weighted by molar-refractivity contribution is 7.89. The fourth-order valence-corrected chi connectivity index (χ4v) is 10.1. The van der Waals surface area contributed by atoms with Crippen molar-refractivity contribution in [2.24, 2.45) is 28.6 Å². The van der Waals surface area contributed by atoms with E-state index in [1.165, 1.54) is 18.4 Å². The van der Waals surface area contributed by atoms with Gasteiger partial charge in [0, 0.05) is 22.3 Å². The average Bonchev–Trinajstić information content (AvgIpc) is 3.55. The van der Waals surface area contributed by atoms with Gasteiger partial charge in [-0.05, 0) is 61.8 Å². The Bertz CT molecular complexity index is 1410. The number of hydrogen-bond acceptors (Lipinski definition) is 8. The number of halogens is 1. The Hall–Kier alpha value is -2.20. The molecule has 3 fully saturated rings. The van der Waals surface area contributed by atoms with Gasteiger partial charge in [0.25, 0.3) is 10.1 Å². The van der Waals surface area contributed by atoms with Gasteiger partial charge >= 0.3 is 5.97 Å². The van der Waals surface area contributed by atoms with Crippen molar-refractivity contribution in [2.45, 2.75) is 63.0 Å². The lowest BCUT2D eigenvalue weighted by Gasteiger charge is -2.64. The molecule has 38 heavy (non-hydrogen) atoms. The number of carbonyl (C=O) groups excluding carboxylic acids is 2. The third kappa shape index (κ3) is 3.19. The Kier molecular flexibility index (Phi) is 5.59. The minimum absolute atomic E-state index is 0.00557. The number of aliphatic hydroxyl groups is 1. The molecular formula is C28H31ClO8S. The molecular weight excluding hydrogens is 532 g/mol. The summed E-state index contributed by atoms with van der Waals surface area (Å²) in [6.45, 7) is 5.66. The largest absolute Gasteiger partial charge is 0.457 e. The molecule has 1 aliphatic heterocycles. The normalized spacial score (nSPS) is 45.0. The molecule has 0 aromatic carbocycles. The van der Waals surface area contributed by atoms with Crippen LogP contribution in [-0.2, 0) is 23.8 Å². The maximum atomic E-state index is 13.4. The molecule has 8 unspecified atom stereocenters. The number of ether oxygens (including phenoxy) is 1. The van der Waals surface area contributed by atoms with E-state index in [2.05, 4.69) is 0 Å². The molecule has 1 aromatic heterocycles. The molecule has 3 saturated carbocycles. The number of ketones is 1. The monoisotopic (exact) mass is 562 g/mol. The molecule has 0 saturated heterocycles. The second kappa shape index (κ2) is 8.16. The summed E-state index contributed by atoms with van der Waals surface area (Å²) in [4.78, 5) is 24.5. The first-order valence-electron chi connectivity index (χ1n) is 13.0. The Morgan fingerprint density at radius 1 is 1.24 bits per heavy atom. The van der Waals surface area contributed by atoms with Crippen molar-refractivity contribution in [2.75, 3.05) is 6.61 Å². The first-order chi connectivity index (χ1) is 17.8. The van der Waals surface area contributed by atoms with E-state index in [-0.39, 0.29) is 42.3 Å². The summed E-state index contributed by atoms with van der Waals surface area (Å²) >= 11 is 7.54. The molecule has 0 amide bonds. The van der Waals surface area contributed by atoms with Crippen LogP contribution in [0.3, 0.4) is 0 Å². The predicted octanol–water partition coefficient (Wildman–Crippen LogP) is 4.31. The van der Waals surface area contributed by atoms with E-state index in [0.29, 0.717) is 24.8 Å². The van der Waals surface area contributed by atoms with Crippen molar-refractivity contribution >= 4 is 33.5 Å². The van der Waals surface area contributed by atoms with Gasteiger partial charge in [0.15, 0.2) is 5.78 Å². The van der Waals surface area contributed by atoms with Crippen LogP contribution < -0.4 is 0 Å². The Labute approximate surface area is 226 Å². The first-order valence-corrected chi connectivity index (χ1v) is 14.8. The van der Waals surface area contributed by atoms with E-state index in [0.717, 1.165) is 11.0 Å².